The van der Waals surface area contributed by atoms with Gasteiger partial charge in [0.2, 0.25) is 0 Å². The highest BCUT2D eigenvalue weighted by molar-refractivity contribution is 7.10. The number of nitrogens with one attached hydrogen (secondary N) is 2. The highest BCUT2D eigenvalue weighted by Crippen LogP contribution is 2.43. The normalized spacial score (nSPS) is 20.8. The lowest BCUT2D eigenvalue weighted by molar-refractivity contribution is 0.176. The number of urea groups is 1. The quantitative estimate of drug-likeness (QED) is 0.785. The van der Waals surface area contributed by atoms with E-state index in [1.807, 2.05) is 11.4 Å². The molecular weight excluding hydrogens is 322 g/mol. The van der Waals surface area contributed by atoms with E-state index in [-0.39, 0.29) is 24.1 Å². The molecule has 23 heavy (non-hydrogen) atoms. The lowest BCUT2D eigenvalue weighted by atomic mass is 10.1. The van der Waals surface area contributed by atoms with Crippen LogP contribution < -0.4 is 10.6 Å². The van der Waals surface area contributed by atoms with Gasteiger partial charge in [-0.25, -0.2) is 13.6 Å². The maximum atomic E-state index is 13.7. The van der Waals surface area contributed by atoms with Crippen molar-refractivity contribution in [2.75, 3.05) is 6.54 Å². The fourth-order valence-corrected chi connectivity index (χ4v) is 3.24. The van der Waals surface area contributed by atoms with Gasteiger partial charge in [-0.2, -0.15) is 0 Å². The molecule has 3 rings (SSSR count). The van der Waals surface area contributed by atoms with Gasteiger partial charge in [-0.3, -0.25) is 0 Å². The Morgan fingerprint density at radius 1 is 1.30 bits per heavy atom. The molecule has 1 fully saturated rings. The van der Waals surface area contributed by atoms with Gasteiger partial charge in [0.15, 0.2) is 0 Å². The predicted molar refractivity (Wildman–Crippen MR) is 83.3 cm³/mol. The summed E-state index contributed by atoms with van der Waals surface area (Å²) in [4.78, 5) is 12.6. The van der Waals surface area contributed by atoms with E-state index in [1.54, 1.807) is 6.07 Å². The number of halogens is 2. The van der Waals surface area contributed by atoms with Crippen molar-refractivity contribution in [1.29, 1.82) is 0 Å². The second-order valence-corrected chi connectivity index (χ2v) is 6.45. The Morgan fingerprint density at radius 2 is 2.04 bits per heavy atom. The summed E-state index contributed by atoms with van der Waals surface area (Å²) in [6.07, 6.45) is -0.265. The minimum atomic E-state index is -0.764. The molecule has 1 aromatic heterocycles. The Hall–Kier alpha value is -1.99. The Morgan fingerprint density at radius 3 is 2.70 bits per heavy atom. The molecule has 0 spiro atoms. The third kappa shape index (κ3) is 3.68. The van der Waals surface area contributed by atoms with Gasteiger partial charge in [-0.15, -0.1) is 11.3 Å². The Bertz CT molecular complexity index is 673. The van der Waals surface area contributed by atoms with Gasteiger partial charge in [0.1, 0.15) is 17.7 Å². The van der Waals surface area contributed by atoms with E-state index in [0.29, 0.717) is 6.42 Å². The number of amides is 2. The van der Waals surface area contributed by atoms with E-state index in [4.69, 9.17) is 0 Å². The number of thiophene rings is 1. The van der Waals surface area contributed by atoms with Crippen molar-refractivity contribution in [3.05, 3.63) is 57.8 Å². The van der Waals surface area contributed by atoms with Crippen LogP contribution >= 0.6 is 11.3 Å². The Labute approximate surface area is 136 Å². The van der Waals surface area contributed by atoms with E-state index in [9.17, 15) is 18.7 Å². The van der Waals surface area contributed by atoms with Crippen LogP contribution in [0.25, 0.3) is 0 Å². The predicted octanol–water partition coefficient (Wildman–Crippen LogP) is 2.92. The van der Waals surface area contributed by atoms with Crippen LogP contribution in [0.4, 0.5) is 13.6 Å². The number of carbonyl (C=O) groups is 1. The Kier molecular flexibility index (Phi) is 4.58. The van der Waals surface area contributed by atoms with Crippen LogP contribution in [-0.2, 0) is 0 Å². The number of benzene rings is 1. The van der Waals surface area contributed by atoms with Gasteiger partial charge in [0, 0.05) is 22.4 Å². The molecule has 3 atom stereocenters. The lowest BCUT2D eigenvalue weighted by Crippen LogP contribution is -2.39. The summed E-state index contributed by atoms with van der Waals surface area (Å²) in [6.45, 7) is 0.0811. The van der Waals surface area contributed by atoms with Crippen LogP contribution in [0.1, 0.15) is 28.9 Å². The van der Waals surface area contributed by atoms with Crippen molar-refractivity contribution in [3.63, 3.8) is 0 Å². The van der Waals surface area contributed by atoms with E-state index >= 15 is 0 Å². The second kappa shape index (κ2) is 6.64. The highest BCUT2D eigenvalue weighted by Gasteiger charge is 2.42. The molecule has 1 heterocycles. The number of aliphatic hydroxyl groups excluding tert-OH is 1. The maximum Gasteiger partial charge on any atom is 0.315 e. The molecule has 2 aromatic rings. The molecular formula is C16H16F2N2O2S. The van der Waals surface area contributed by atoms with Crippen LogP contribution in [-0.4, -0.2) is 23.7 Å². The van der Waals surface area contributed by atoms with Crippen molar-refractivity contribution >= 4 is 17.4 Å². The standard InChI is InChI=1S/C16H16F2N2O2S/c17-10-3-1-4-11(18)15(10)9-7-12(9)20-16(22)19-8-13(21)14-5-2-6-23-14/h1-6,9,12-13,21H,7-8H2,(H2,19,20,22). The smallest absolute Gasteiger partial charge is 0.315 e. The molecule has 1 aromatic carbocycles. The van der Waals surface area contributed by atoms with Crippen LogP contribution in [0.5, 0.6) is 0 Å². The van der Waals surface area contributed by atoms with E-state index < -0.39 is 23.8 Å². The zero-order valence-electron chi connectivity index (χ0n) is 12.1. The zero-order valence-corrected chi connectivity index (χ0v) is 12.9. The fourth-order valence-electron chi connectivity index (χ4n) is 2.53. The monoisotopic (exact) mass is 338 g/mol. The van der Waals surface area contributed by atoms with Crippen LogP contribution in [0.3, 0.4) is 0 Å². The molecule has 0 saturated heterocycles. The number of hydrogen-bond acceptors (Lipinski definition) is 3. The number of carbonyl (C=O) groups excluding carboxylic acids is 1. The van der Waals surface area contributed by atoms with Crippen molar-refractivity contribution < 1.29 is 18.7 Å². The first kappa shape index (κ1) is 15.9. The Balaban J connectivity index is 1.49. The minimum absolute atomic E-state index is 0.0245. The number of hydrogen-bond donors (Lipinski definition) is 3. The molecule has 1 saturated carbocycles. The summed E-state index contributed by atoms with van der Waals surface area (Å²) < 4.78 is 27.3. The highest BCUT2D eigenvalue weighted by atomic mass is 32.1. The molecule has 2 amide bonds. The third-order valence-electron chi connectivity index (χ3n) is 3.81. The van der Waals surface area contributed by atoms with Crippen LogP contribution in [0.15, 0.2) is 35.7 Å². The first-order valence-corrected chi connectivity index (χ1v) is 8.14. The number of rotatable bonds is 5. The van der Waals surface area contributed by atoms with E-state index in [0.717, 1.165) is 4.88 Å². The zero-order chi connectivity index (χ0) is 16.4. The van der Waals surface area contributed by atoms with Crippen molar-refractivity contribution in [2.24, 2.45) is 0 Å². The van der Waals surface area contributed by atoms with Gasteiger partial charge < -0.3 is 15.7 Å². The molecule has 4 nitrogen and oxygen atoms in total. The summed E-state index contributed by atoms with van der Waals surface area (Å²) in [5, 5.41) is 17.0. The first-order chi connectivity index (χ1) is 11.1. The average molecular weight is 338 g/mol. The van der Waals surface area contributed by atoms with E-state index in [2.05, 4.69) is 10.6 Å². The molecule has 7 heteroatoms. The molecule has 0 bridgehead atoms. The third-order valence-corrected chi connectivity index (χ3v) is 4.78. The number of aliphatic hydroxyl groups is 1. The van der Waals surface area contributed by atoms with Gasteiger partial charge in [-0.05, 0) is 30.0 Å². The summed E-state index contributed by atoms with van der Waals surface area (Å²) in [7, 11) is 0. The van der Waals surface area contributed by atoms with Crippen LogP contribution in [0.2, 0.25) is 0 Å². The average Bonchev–Trinajstić information content (AvgIpc) is 3.02. The van der Waals surface area contributed by atoms with Gasteiger partial charge >= 0.3 is 6.03 Å². The van der Waals surface area contributed by atoms with Crippen molar-refractivity contribution in [1.82, 2.24) is 10.6 Å². The van der Waals surface area contributed by atoms with Crippen molar-refractivity contribution in [2.45, 2.75) is 24.5 Å². The SMILES string of the molecule is O=C(NCC(O)c1cccs1)NC1CC1c1c(F)cccc1F. The first-order valence-electron chi connectivity index (χ1n) is 7.26. The molecule has 0 aliphatic heterocycles. The summed E-state index contributed by atoms with van der Waals surface area (Å²) >= 11 is 1.40. The van der Waals surface area contributed by atoms with Gasteiger partial charge in [0.05, 0.1) is 6.54 Å². The molecule has 3 unspecified atom stereocenters. The van der Waals surface area contributed by atoms with Gasteiger partial charge in [-0.1, -0.05) is 12.1 Å². The minimum Gasteiger partial charge on any atom is -0.386 e. The van der Waals surface area contributed by atoms with E-state index in [1.165, 1.54) is 29.5 Å². The summed E-state index contributed by atoms with van der Waals surface area (Å²) in [6, 6.07) is 6.60. The second-order valence-electron chi connectivity index (χ2n) is 5.47. The summed E-state index contributed by atoms with van der Waals surface area (Å²) in [5.74, 6) is -1.52. The summed E-state index contributed by atoms with van der Waals surface area (Å²) in [5.41, 5.74) is 0.0245. The van der Waals surface area contributed by atoms with Gasteiger partial charge in [0.25, 0.3) is 0 Å². The van der Waals surface area contributed by atoms with Crippen LogP contribution in [0, 0.1) is 11.6 Å². The molecule has 122 valence electrons. The molecule has 0 radical (unpaired) electrons. The topological polar surface area (TPSA) is 61.4 Å². The fraction of sp³-hybridized carbons (Fsp3) is 0.312. The molecule has 1 aliphatic carbocycles. The lowest BCUT2D eigenvalue weighted by Gasteiger charge is -2.11. The largest absolute Gasteiger partial charge is 0.386 e. The molecule has 3 N–H and O–H groups in total. The maximum absolute atomic E-state index is 13.7. The van der Waals surface area contributed by atoms with Crippen molar-refractivity contribution in [3.8, 4) is 0 Å². The molecule has 1 aliphatic rings.